The van der Waals surface area contributed by atoms with Crippen LogP contribution in [0.5, 0.6) is 0 Å². The van der Waals surface area contributed by atoms with Crippen molar-refractivity contribution in [2.45, 2.75) is 72.1 Å². The van der Waals surface area contributed by atoms with E-state index in [-0.39, 0.29) is 0 Å². The van der Waals surface area contributed by atoms with E-state index in [1.807, 2.05) is 17.5 Å². The Balaban J connectivity index is 1.64. The lowest BCUT2D eigenvalue weighted by Gasteiger charge is -2.24. The molecule has 0 atom stereocenters. The second-order valence-electron chi connectivity index (χ2n) is 9.41. The highest BCUT2D eigenvalue weighted by atomic mass is 32.1. The minimum Gasteiger partial charge on any atom is -0.302 e. The van der Waals surface area contributed by atoms with E-state index in [9.17, 15) is 0 Å². The van der Waals surface area contributed by atoms with Crippen molar-refractivity contribution >= 4 is 27.7 Å². The Bertz CT molecular complexity index is 1120. The molecule has 0 unspecified atom stereocenters. The summed E-state index contributed by atoms with van der Waals surface area (Å²) in [6.45, 7) is 6.58. The van der Waals surface area contributed by atoms with Gasteiger partial charge < -0.3 is 4.90 Å². The zero-order valence-electron chi connectivity index (χ0n) is 21.5. The van der Waals surface area contributed by atoms with Crippen molar-refractivity contribution in [1.29, 1.82) is 0 Å². The highest BCUT2D eigenvalue weighted by Gasteiger charge is 2.16. The Kier molecular flexibility index (Phi) is 9.14. The van der Waals surface area contributed by atoms with Gasteiger partial charge in [0, 0.05) is 28.1 Å². The number of pyridine rings is 1. The Hall–Kier alpha value is -2.91. The molecule has 0 fully saturated rings. The maximum absolute atomic E-state index is 4.37. The third kappa shape index (κ3) is 6.82. The van der Waals surface area contributed by atoms with Crippen molar-refractivity contribution in [2.75, 3.05) is 4.90 Å². The summed E-state index contributed by atoms with van der Waals surface area (Å²) >= 11 is 1.83. The summed E-state index contributed by atoms with van der Waals surface area (Å²) in [7, 11) is 0. The number of nitrogens with zero attached hydrogens (tertiary/aromatic N) is 2. The van der Waals surface area contributed by atoms with Gasteiger partial charge >= 0.3 is 0 Å². The van der Waals surface area contributed by atoms with Crippen LogP contribution < -0.4 is 4.90 Å². The fraction of sp³-hybridized carbons (Fsp3) is 0.344. The molecule has 2 aromatic carbocycles. The Labute approximate surface area is 215 Å². The predicted octanol–water partition coefficient (Wildman–Crippen LogP) is 10.1. The SMILES string of the molecule is CCCCCc1ccc(N(c2ccc(CCCCC)cc2)c2ccc(-c3ccnc(C)c3)s2)cc1. The molecule has 2 aromatic heterocycles. The zero-order chi connectivity index (χ0) is 24.5. The molecule has 35 heavy (non-hydrogen) atoms. The number of thiophene rings is 1. The summed E-state index contributed by atoms with van der Waals surface area (Å²) in [6.07, 6.45) is 11.9. The first-order chi connectivity index (χ1) is 17.2. The summed E-state index contributed by atoms with van der Waals surface area (Å²) in [4.78, 5) is 8.03. The van der Waals surface area contributed by atoms with Gasteiger partial charge in [-0.05, 0) is 97.8 Å². The Morgan fingerprint density at radius 2 is 1.26 bits per heavy atom. The van der Waals surface area contributed by atoms with Crippen molar-refractivity contribution in [3.05, 3.63) is 95.8 Å². The largest absolute Gasteiger partial charge is 0.302 e. The van der Waals surface area contributed by atoms with E-state index >= 15 is 0 Å². The van der Waals surface area contributed by atoms with Gasteiger partial charge in [-0.3, -0.25) is 4.98 Å². The quantitative estimate of drug-likeness (QED) is 0.187. The molecule has 0 amide bonds. The first-order valence-electron chi connectivity index (χ1n) is 13.2. The van der Waals surface area contributed by atoms with Crippen LogP contribution in [0.25, 0.3) is 10.4 Å². The molecule has 0 spiro atoms. The lowest BCUT2D eigenvalue weighted by molar-refractivity contribution is 0.717. The van der Waals surface area contributed by atoms with Crippen molar-refractivity contribution in [3.63, 3.8) is 0 Å². The van der Waals surface area contributed by atoms with Gasteiger partial charge in [-0.2, -0.15) is 0 Å². The van der Waals surface area contributed by atoms with Gasteiger partial charge in [0.2, 0.25) is 0 Å². The number of benzene rings is 2. The topological polar surface area (TPSA) is 16.1 Å². The van der Waals surface area contributed by atoms with E-state index in [0.29, 0.717) is 0 Å². The molecule has 0 aliphatic heterocycles. The third-order valence-electron chi connectivity index (χ3n) is 6.52. The minimum atomic E-state index is 1.05. The third-order valence-corrected chi connectivity index (χ3v) is 7.64. The molecule has 2 heterocycles. The van der Waals surface area contributed by atoms with E-state index in [2.05, 4.69) is 103 Å². The lowest BCUT2D eigenvalue weighted by Crippen LogP contribution is -2.08. The van der Waals surface area contributed by atoms with Crippen molar-refractivity contribution in [1.82, 2.24) is 4.98 Å². The highest BCUT2D eigenvalue weighted by molar-refractivity contribution is 7.19. The zero-order valence-corrected chi connectivity index (χ0v) is 22.3. The van der Waals surface area contributed by atoms with Gasteiger partial charge in [0.05, 0.1) is 0 Å². The van der Waals surface area contributed by atoms with E-state index < -0.39 is 0 Å². The van der Waals surface area contributed by atoms with Crippen LogP contribution in [0.3, 0.4) is 0 Å². The van der Waals surface area contributed by atoms with E-state index in [1.165, 1.54) is 76.5 Å². The van der Waals surface area contributed by atoms with Gasteiger partial charge in [-0.1, -0.05) is 63.8 Å². The molecule has 2 nitrogen and oxygen atoms in total. The molecule has 4 aromatic rings. The number of aryl methyl sites for hydroxylation is 3. The van der Waals surface area contributed by atoms with E-state index in [4.69, 9.17) is 0 Å². The summed E-state index contributed by atoms with van der Waals surface area (Å²) in [5.74, 6) is 0. The van der Waals surface area contributed by atoms with Gasteiger partial charge in [-0.15, -0.1) is 11.3 Å². The summed E-state index contributed by atoms with van der Waals surface area (Å²) in [5, 5.41) is 1.23. The van der Waals surface area contributed by atoms with Crippen LogP contribution >= 0.6 is 11.3 Å². The van der Waals surface area contributed by atoms with Crippen LogP contribution in [0.15, 0.2) is 79.0 Å². The summed E-state index contributed by atoms with van der Waals surface area (Å²) in [5.41, 5.74) is 7.54. The minimum absolute atomic E-state index is 1.05. The van der Waals surface area contributed by atoms with Gasteiger partial charge in [-0.25, -0.2) is 0 Å². The number of rotatable bonds is 12. The smallest absolute Gasteiger partial charge is 0.101 e. The first kappa shape index (κ1) is 25.2. The molecule has 4 rings (SSSR count). The fourth-order valence-corrected chi connectivity index (χ4v) is 5.53. The van der Waals surface area contributed by atoms with E-state index in [0.717, 1.165) is 18.5 Å². The van der Waals surface area contributed by atoms with Crippen LogP contribution in [-0.4, -0.2) is 4.98 Å². The molecular weight excluding hydrogens is 444 g/mol. The predicted molar refractivity (Wildman–Crippen MR) is 153 cm³/mol. The maximum atomic E-state index is 4.37. The average molecular weight is 483 g/mol. The van der Waals surface area contributed by atoms with Crippen molar-refractivity contribution < 1.29 is 0 Å². The maximum Gasteiger partial charge on any atom is 0.101 e. The van der Waals surface area contributed by atoms with Crippen LogP contribution in [-0.2, 0) is 12.8 Å². The molecular formula is C32H38N2S. The standard InChI is InChI=1S/C32H38N2S/c1-4-6-8-10-26-12-16-29(17-13-26)34(30-18-14-27(15-19-30)11-9-7-5-2)32-21-20-31(35-32)28-22-23-33-25(3)24-28/h12-24H,4-11H2,1-3H3. The van der Waals surface area contributed by atoms with Gasteiger partial charge in [0.1, 0.15) is 5.00 Å². The fourth-order valence-electron chi connectivity index (χ4n) is 4.49. The van der Waals surface area contributed by atoms with Gasteiger partial charge in [0.25, 0.3) is 0 Å². The van der Waals surface area contributed by atoms with Crippen LogP contribution in [0.1, 0.15) is 69.2 Å². The number of anilines is 3. The highest BCUT2D eigenvalue weighted by Crippen LogP contribution is 2.42. The number of unbranched alkanes of at least 4 members (excludes halogenated alkanes) is 4. The van der Waals surface area contributed by atoms with E-state index in [1.54, 1.807) is 0 Å². The molecule has 0 aliphatic rings. The second-order valence-corrected chi connectivity index (χ2v) is 10.5. The summed E-state index contributed by atoms with van der Waals surface area (Å²) < 4.78 is 0. The molecule has 0 radical (unpaired) electrons. The van der Waals surface area contributed by atoms with Gasteiger partial charge in [0.15, 0.2) is 0 Å². The molecule has 0 saturated carbocycles. The van der Waals surface area contributed by atoms with Crippen molar-refractivity contribution in [3.8, 4) is 10.4 Å². The summed E-state index contributed by atoms with van der Waals surface area (Å²) in [6, 6.07) is 27.1. The molecule has 0 saturated heterocycles. The lowest BCUT2D eigenvalue weighted by atomic mass is 10.1. The number of hydrogen-bond donors (Lipinski definition) is 0. The second kappa shape index (κ2) is 12.7. The average Bonchev–Trinajstić information content (AvgIpc) is 3.36. The monoisotopic (exact) mass is 482 g/mol. The normalized spacial score (nSPS) is 11.1. The molecule has 3 heteroatoms. The number of hydrogen-bond acceptors (Lipinski definition) is 3. The first-order valence-corrected chi connectivity index (χ1v) is 14.0. The molecule has 182 valence electrons. The Morgan fingerprint density at radius 3 is 1.77 bits per heavy atom. The van der Waals surface area contributed by atoms with Crippen molar-refractivity contribution in [2.24, 2.45) is 0 Å². The molecule has 0 N–H and O–H groups in total. The molecule has 0 aliphatic carbocycles. The Morgan fingerprint density at radius 1 is 0.686 bits per heavy atom. The van der Waals surface area contributed by atoms with Crippen LogP contribution in [0, 0.1) is 6.92 Å². The van der Waals surface area contributed by atoms with Crippen LogP contribution in [0.2, 0.25) is 0 Å². The number of aromatic nitrogens is 1. The van der Waals surface area contributed by atoms with Crippen LogP contribution in [0.4, 0.5) is 16.4 Å². The molecule has 0 bridgehead atoms.